The maximum atomic E-state index is 11.7. The van der Waals surface area contributed by atoms with E-state index in [4.69, 9.17) is 5.11 Å². The third-order valence-corrected chi connectivity index (χ3v) is 2.40. The molecule has 1 aromatic carbocycles. The molecule has 0 aliphatic carbocycles. The highest BCUT2D eigenvalue weighted by Crippen LogP contribution is 2.06. The van der Waals surface area contributed by atoms with Crippen molar-refractivity contribution in [3.05, 3.63) is 48.3 Å². The number of benzene rings is 1. The molecule has 5 heteroatoms. The van der Waals surface area contributed by atoms with Gasteiger partial charge in [-0.1, -0.05) is 18.2 Å². The molecule has 18 heavy (non-hydrogen) atoms. The minimum Gasteiger partial charge on any atom is -0.392 e. The monoisotopic (exact) mass is 245 g/mol. The van der Waals surface area contributed by atoms with E-state index in [9.17, 15) is 4.79 Å². The van der Waals surface area contributed by atoms with Crippen LogP contribution in [0.5, 0.6) is 0 Å². The number of rotatable bonds is 4. The van der Waals surface area contributed by atoms with E-state index in [1.807, 2.05) is 30.3 Å². The van der Waals surface area contributed by atoms with Crippen LogP contribution in [0.1, 0.15) is 17.4 Å². The summed E-state index contributed by atoms with van der Waals surface area (Å²) >= 11 is 0. The van der Waals surface area contributed by atoms with Gasteiger partial charge in [0, 0.05) is 12.7 Å². The summed E-state index contributed by atoms with van der Waals surface area (Å²) in [6.45, 7) is 1.83. The Kier molecular flexibility index (Phi) is 3.74. The number of amides is 1. The first kappa shape index (κ1) is 12.3. The Morgan fingerprint density at radius 1 is 1.39 bits per heavy atom. The van der Waals surface area contributed by atoms with E-state index in [0.717, 1.165) is 5.69 Å². The van der Waals surface area contributed by atoms with Crippen LogP contribution in [0.25, 0.3) is 5.69 Å². The summed E-state index contributed by atoms with van der Waals surface area (Å²) in [5.74, 6) is -0.286. The van der Waals surface area contributed by atoms with E-state index < -0.39 is 6.10 Å². The first-order chi connectivity index (χ1) is 8.66. The van der Waals surface area contributed by atoms with Crippen LogP contribution < -0.4 is 5.32 Å². The maximum absolute atomic E-state index is 11.7. The van der Waals surface area contributed by atoms with E-state index in [1.165, 1.54) is 0 Å². The van der Waals surface area contributed by atoms with Crippen molar-refractivity contribution in [2.75, 3.05) is 6.54 Å². The summed E-state index contributed by atoms with van der Waals surface area (Å²) in [6, 6.07) is 11.2. The van der Waals surface area contributed by atoms with Gasteiger partial charge in [0.1, 0.15) is 0 Å². The lowest BCUT2D eigenvalue weighted by molar-refractivity contribution is 0.0918. The minimum absolute atomic E-state index is 0.219. The van der Waals surface area contributed by atoms with Crippen LogP contribution in [-0.2, 0) is 0 Å². The molecule has 0 radical (unpaired) electrons. The molecule has 0 unspecified atom stereocenters. The van der Waals surface area contributed by atoms with Crippen molar-refractivity contribution in [1.29, 1.82) is 0 Å². The van der Waals surface area contributed by atoms with Crippen LogP contribution in [-0.4, -0.2) is 33.4 Å². The fraction of sp³-hybridized carbons (Fsp3) is 0.231. The summed E-state index contributed by atoms with van der Waals surface area (Å²) in [5, 5.41) is 15.9. The number of para-hydroxylation sites is 1. The standard InChI is InChI=1S/C13H15N3O2/c1-10(17)9-14-13(18)12-7-8-16(15-12)11-5-3-2-4-6-11/h2-8,10,17H,9H2,1H3,(H,14,18)/t10-/m0/s1. The molecule has 0 fully saturated rings. The van der Waals surface area contributed by atoms with E-state index >= 15 is 0 Å². The molecule has 2 aromatic rings. The quantitative estimate of drug-likeness (QED) is 0.844. The summed E-state index contributed by atoms with van der Waals surface area (Å²) in [5.41, 5.74) is 1.23. The largest absolute Gasteiger partial charge is 0.392 e. The Bertz CT molecular complexity index is 520. The first-order valence-electron chi connectivity index (χ1n) is 5.74. The van der Waals surface area contributed by atoms with E-state index in [0.29, 0.717) is 5.69 Å². The normalized spacial score (nSPS) is 12.1. The van der Waals surface area contributed by atoms with Crippen LogP contribution >= 0.6 is 0 Å². The predicted octanol–water partition coefficient (Wildman–Crippen LogP) is 0.983. The number of hydrogen-bond donors (Lipinski definition) is 2. The summed E-state index contributed by atoms with van der Waals surface area (Å²) < 4.78 is 1.64. The summed E-state index contributed by atoms with van der Waals surface area (Å²) in [6.07, 6.45) is 1.16. The number of carbonyl (C=O) groups excluding carboxylic acids is 1. The van der Waals surface area contributed by atoms with Crippen molar-refractivity contribution in [2.45, 2.75) is 13.0 Å². The zero-order valence-corrected chi connectivity index (χ0v) is 10.1. The minimum atomic E-state index is -0.565. The second-order valence-electron chi connectivity index (χ2n) is 4.04. The molecule has 1 atom stereocenters. The third kappa shape index (κ3) is 2.95. The SMILES string of the molecule is C[C@H](O)CNC(=O)c1ccn(-c2ccccc2)n1. The molecule has 0 aliphatic heterocycles. The number of carbonyl (C=O) groups is 1. The second kappa shape index (κ2) is 5.46. The van der Waals surface area contributed by atoms with Gasteiger partial charge >= 0.3 is 0 Å². The molecule has 94 valence electrons. The topological polar surface area (TPSA) is 67.2 Å². The van der Waals surface area contributed by atoms with Crippen LogP contribution in [0, 0.1) is 0 Å². The van der Waals surface area contributed by atoms with Crippen LogP contribution in [0.2, 0.25) is 0 Å². The predicted molar refractivity (Wildman–Crippen MR) is 67.6 cm³/mol. The molecule has 5 nitrogen and oxygen atoms in total. The van der Waals surface area contributed by atoms with Gasteiger partial charge < -0.3 is 10.4 Å². The summed E-state index contributed by atoms with van der Waals surface area (Å²) in [7, 11) is 0. The van der Waals surface area contributed by atoms with Crippen molar-refractivity contribution < 1.29 is 9.90 Å². The van der Waals surface area contributed by atoms with Gasteiger partial charge in [-0.2, -0.15) is 5.10 Å². The fourth-order valence-corrected chi connectivity index (χ4v) is 1.50. The van der Waals surface area contributed by atoms with Crippen molar-refractivity contribution in [3.63, 3.8) is 0 Å². The smallest absolute Gasteiger partial charge is 0.271 e. The Morgan fingerprint density at radius 2 is 2.11 bits per heavy atom. The Hall–Kier alpha value is -2.14. The van der Waals surface area contributed by atoms with Gasteiger partial charge in [-0.15, -0.1) is 0 Å². The van der Waals surface area contributed by atoms with Crippen molar-refractivity contribution in [2.24, 2.45) is 0 Å². The molecule has 1 amide bonds. The average Bonchev–Trinajstić information content (AvgIpc) is 2.86. The lowest BCUT2D eigenvalue weighted by atomic mass is 10.3. The van der Waals surface area contributed by atoms with E-state index in [-0.39, 0.29) is 12.5 Å². The van der Waals surface area contributed by atoms with Crippen molar-refractivity contribution in [1.82, 2.24) is 15.1 Å². The number of aliphatic hydroxyl groups excluding tert-OH is 1. The highest BCUT2D eigenvalue weighted by molar-refractivity contribution is 5.92. The van der Waals surface area contributed by atoms with Gasteiger partial charge in [0.2, 0.25) is 0 Å². The van der Waals surface area contributed by atoms with Gasteiger partial charge in [-0.25, -0.2) is 4.68 Å². The number of hydrogen-bond acceptors (Lipinski definition) is 3. The second-order valence-corrected chi connectivity index (χ2v) is 4.04. The Morgan fingerprint density at radius 3 is 2.78 bits per heavy atom. The molecule has 2 rings (SSSR count). The molecule has 2 N–H and O–H groups in total. The maximum Gasteiger partial charge on any atom is 0.271 e. The van der Waals surface area contributed by atoms with Gasteiger partial charge in [-0.3, -0.25) is 4.79 Å². The van der Waals surface area contributed by atoms with Crippen LogP contribution in [0.15, 0.2) is 42.6 Å². The number of aliphatic hydroxyl groups is 1. The van der Waals surface area contributed by atoms with Gasteiger partial charge in [0.25, 0.3) is 5.91 Å². The number of nitrogens with one attached hydrogen (secondary N) is 1. The van der Waals surface area contributed by atoms with E-state index in [1.54, 1.807) is 23.9 Å². The Balaban J connectivity index is 2.09. The number of nitrogens with zero attached hydrogens (tertiary/aromatic N) is 2. The average molecular weight is 245 g/mol. The van der Waals surface area contributed by atoms with Gasteiger partial charge in [0.05, 0.1) is 11.8 Å². The zero-order chi connectivity index (χ0) is 13.0. The molecule has 0 bridgehead atoms. The molecule has 0 aliphatic rings. The molecule has 1 aromatic heterocycles. The molecular formula is C13H15N3O2. The first-order valence-corrected chi connectivity index (χ1v) is 5.74. The van der Waals surface area contributed by atoms with Crippen molar-refractivity contribution in [3.8, 4) is 5.69 Å². The molecule has 1 heterocycles. The fourth-order valence-electron chi connectivity index (χ4n) is 1.50. The molecule has 0 spiro atoms. The molecule has 0 saturated carbocycles. The Labute approximate surface area is 105 Å². The van der Waals surface area contributed by atoms with E-state index in [2.05, 4.69) is 10.4 Å². The van der Waals surface area contributed by atoms with Crippen LogP contribution in [0.4, 0.5) is 0 Å². The molecule has 0 saturated heterocycles. The van der Waals surface area contributed by atoms with Gasteiger partial charge in [0.15, 0.2) is 5.69 Å². The highest BCUT2D eigenvalue weighted by Gasteiger charge is 2.10. The summed E-state index contributed by atoms with van der Waals surface area (Å²) in [4.78, 5) is 11.7. The van der Waals surface area contributed by atoms with Crippen molar-refractivity contribution >= 4 is 5.91 Å². The highest BCUT2D eigenvalue weighted by atomic mass is 16.3. The van der Waals surface area contributed by atoms with Gasteiger partial charge in [-0.05, 0) is 25.1 Å². The number of aromatic nitrogens is 2. The molecular weight excluding hydrogens is 230 g/mol. The third-order valence-electron chi connectivity index (χ3n) is 2.40. The van der Waals surface area contributed by atoms with Crippen LogP contribution in [0.3, 0.4) is 0 Å². The lowest BCUT2D eigenvalue weighted by Crippen LogP contribution is -2.30. The zero-order valence-electron chi connectivity index (χ0n) is 10.1. The lowest BCUT2D eigenvalue weighted by Gasteiger charge is -2.05.